The monoisotopic (exact) mass is 287 g/mol. The van der Waals surface area contributed by atoms with Gasteiger partial charge in [-0.2, -0.15) is 0 Å². The predicted octanol–water partition coefficient (Wildman–Crippen LogP) is 0.434. The first-order valence-corrected chi connectivity index (χ1v) is 6.91. The normalized spacial score (nSPS) is 19.7. The fraction of sp³-hybridized carbons (Fsp3) is 0.333. The van der Waals surface area contributed by atoms with Crippen molar-refractivity contribution in [3.05, 3.63) is 41.1 Å². The number of rotatable bonds is 2. The van der Waals surface area contributed by atoms with Crippen LogP contribution in [0, 0.1) is 0 Å². The number of Topliss-reactive ketones (excluding diaryl/α,β-unsaturated/α-hetero) is 2. The van der Waals surface area contributed by atoms with Crippen LogP contribution in [0.5, 0.6) is 0 Å². The Morgan fingerprint density at radius 2 is 1.67 bits per heavy atom. The van der Waals surface area contributed by atoms with Crippen LogP contribution in [-0.4, -0.2) is 35.8 Å². The summed E-state index contributed by atoms with van der Waals surface area (Å²) >= 11 is 0. The summed E-state index contributed by atoms with van der Waals surface area (Å²) in [5, 5.41) is 1.53. The standard InChI is InChI=1S/C15H17N3O3/c16-12-13(18(17)9-5-7-21-8-6-9)10-3-1-2-4-11(10)14(19)15(12)20/h1-4,9H,5-8,16-17H2. The van der Waals surface area contributed by atoms with Crippen LogP contribution < -0.4 is 11.6 Å². The van der Waals surface area contributed by atoms with E-state index < -0.39 is 11.6 Å². The van der Waals surface area contributed by atoms with E-state index in [0.29, 0.717) is 30.0 Å². The van der Waals surface area contributed by atoms with E-state index in [-0.39, 0.29) is 11.7 Å². The van der Waals surface area contributed by atoms with Crippen molar-refractivity contribution in [1.29, 1.82) is 0 Å². The highest BCUT2D eigenvalue weighted by molar-refractivity contribution is 6.52. The molecular weight excluding hydrogens is 270 g/mol. The summed E-state index contributed by atoms with van der Waals surface area (Å²) in [6.45, 7) is 1.25. The fourth-order valence-electron chi connectivity index (χ4n) is 2.81. The molecule has 1 aromatic carbocycles. The Bertz CT molecular complexity index is 633. The topological polar surface area (TPSA) is 98.7 Å². The number of carbonyl (C=O) groups excluding carboxylic acids is 2. The van der Waals surface area contributed by atoms with Gasteiger partial charge in [0.15, 0.2) is 0 Å². The Morgan fingerprint density at radius 3 is 2.33 bits per heavy atom. The first-order chi connectivity index (χ1) is 10.1. The minimum atomic E-state index is -0.689. The highest BCUT2D eigenvalue weighted by Gasteiger charge is 2.35. The summed E-state index contributed by atoms with van der Waals surface area (Å²) < 4.78 is 5.32. The average Bonchev–Trinajstić information content (AvgIpc) is 2.53. The Labute approximate surface area is 122 Å². The molecule has 0 unspecified atom stereocenters. The number of fused-ring (bicyclic) bond motifs is 1. The Hall–Kier alpha value is -2.18. The van der Waals surface area contributed by atoms with Crippen molar-refractivity contribution in [1.82, 2.24) is 5.01 Å². The quantitative estimate of drug-likeness (QED) is 0.465. The molecule has 6 nitrogen and oxygen atoms in total. The van der Waals surface area contributed by atoms with Crippen molar-refractivity contribution in [2.75, 3.05) is 13.2 Å². The highest BCUT2D eigenvalue weighted by atomic mass is 16.5. The molecule has 0 radical (unpaired) electrons. The van der Waals surface area contributed by atoms with Crippen LogP contribution in [-0.2, 0) is 9.53 Å². The second kappa shape index (κ2) is 5.31. The molecule has 3 rings (SSSR count). The maximum atomic E-state index is 12.0. The lowest BCUT2D eigenvalue weighted by molar-refractivity contribution is -0.112. The molecular formula is C15H17N3O3. The lowest BCUT2D eigenvalue weighted by atomic mass is 9.89. The zero-order valence-electron chi connectivity index (χ0n) is 11.5. The lowest BCUT2D eigenvalue weighted by Gasteiger charge is -2.36. The van der Waals surface area contributed by atoms with Gasteiger partial charge in [0, 0.05) is 30.4 Å². The van der Waals surface area contributed by atoms with E-state index >= 15 is 0 Å². The molecule has 1 aliphatic heterocycles. The largest absolute Gasteiger partial charge is 0.394 e. The number of allylic oxidation sites excluding steroid dienone is 1. The van der Waals surface area contributed by atoms with Crippen LogP contribution in [0.15, 0.2) is 30.0 Å². The number of benzene rings is 1. The van der Waals surface area contributed by atoms with E-state index in [4.69, 9.17) is 16.3 Å². The SMILES string of the molecule is NC1=C(N(N)C2CCOCC2)c2ccccc2C(=O)C1=O. The Kier molecular flexibility index (Phi) is 3.48. The highest BCUT2D eigenvalue weighted by Crippen LogP contribution is 2.31. The molecule has 1 aromatic rings. The zero-order chi connectivity index (χ0) is 15.0. The molecule has 1 fully saturated rings. The second-order valence-electron chi connectivity index (χ2n) is 5.22. The van der Waals surface area contributed by atoms with Crippen molar-refractivity contribution in [2.45, 2.75) is 18.9 Å². The predicted molar refractivity (Wildman–Crippen MR) is 76.8 cm³/mol. The molecule has 0 atom stereocenters. The second-order valence-corrected chi connectivity index (χ2v) is 5.22. The lowest BCUT2D eigenvalue weighted by Crippen LogP contribution is -2.46. The van der Waals surface area contributed by atoms with E-state index in [0.717, 1.165) is 12.8 Å². The molecule has 110 valence electrons. The molecule has 1 heterocycles. The van der Waals surface area contributed by atoms with Crippen molar-refractivity contribution in [3.8, 4) is 0 Å². The summed E-state index contributed by atoms with van der Waals surface area (Å²) in [6.07, 6.45) is 1.52. The maximum Gasteiger partial charge on any atom is 0.251 e. The van der Waals surface area contributed by atoms with Gasteiger partial charge in [-0.1, -0.05) is 24.3 Å². The third kappa shape index (κ3) is 2.22. The number of carbonyl (C=O) groups is 2. The molecule has 0 bridgehead atoms. The molecule has 2 aliphatic rings. The number of hydrogen-bond acceptors (Lipinski definition) is 6. The van der Waals surface area contributed by atoms with Crippen molar-refractivity contribution in [3.63, 3.8) is 0 Å². The van der Waals surface area contributed by atoms with E-state index in [1.54, 1.807) is 24.3 Å². The third-order valence-corrected chi connectivity index (χ3v) is 3.98. The van der Waals surface area contributed by atoms with Crippen LogP contribution in [0.25, 0.3) is 5.70 Å². The van der Waals surface area contributed by atoms with E-state index in [1.165, 1.54) is 5.01 Å². The van der Waals surface area contributed by atoms with Crippen LogP contribution in [0.4, 0.5) is 0 Å². The van der Waals surface area contributed by atoms with Gasteiger partial charge in [-0.15, -0.1) is 0 Å². The number of nitrogens with two attached hydrogens (primary N) is 2. The summed E-state index contributed by atoms with van der Waals surface area (Å²) in [5.74, 6) is 4.95. The van der Waals surface area contributed by atoms with Gasteiger partial charge in [0.05, 0.1) is 5.70 Å². The van der Waals surface area contributed by atoms with Crippen LogP contribution in [0.3, 0.4) is 0 Å². The molecule has 21 heavy (non-hydrogen) atoms. The van der Waals surface area contributed by atoms with E-state index in [9.17, 15) is 9.59 Å². The maximum absolute atomic E-state index is 12.0. The van der Waals surface area contributed by atoms with Gasteiger partial charge in [-0.3, -0.25) is 9.59 Å². The molecule has 1 aliphatic carbocycles. The van der Waals surface area contributed by atoms with E-state index in [2.05, 4.69) is 0 Å². The fourth-order valence-corrected chi connectivity index (χ4v) is 2.81. The van der Waals surface area contributed by atoms with Gasteiger partial charge < -0.3 is 15.5 Å². The number of hydrogen-bond donors (Lipinski definition) is 2. The van der Waals surface area contributed by atoms with Gasteiger partial charge in [-0.05, 0) is 12.8 Å². The zero-order valence-corrected chi connectivity index (χ0v) is 11.5. The van der Waals surface area contributed by atoms with Crippen molar-refractivity contribution < 1.29 is 14.3 Å². The van der Waals surface area contributed by atoms with Crippen molar-refractivity contribution >= 4 is 17.3 Å². The van der Waals surface area contributed by atoms with Gasteiger partial charge in [0.2, 0.25) is 5.78 Å². The number of ether oxygens (including phenoxy) is 1. The minimum absolute atomic E-state index is 0.0429. The van der Waals surface area contributed by atoms with Gasteiger partial charge >= 0.3 is 0 Å². The van der Waals surface area contributed by atoms with Crippen LogP contribution in [0.2, 0.25) is 0 Å². The van der Waals surface area contributed by atoms with E-state index in [1.807, 2.05) is 0 Å². The smallest absolute Gasteiger partial charge is 0.251 e. The minimum Gasteiger partial charge on any atom is -0.394 e. The number of hydrazine groups is 1. The first kappa shape index (κ1) is 13.8. The third-order valence-electron chi connectivity index (χ3n) is 3.98. The van der Waals surface area contributed by atoms with Gasteiger partial charge in [-0.25, -0.2) is 5.84 Å². The average molecular weight is 287 g/mol. The Morgan fingerprint density at radius 1 is 1.05 bits per heavy atom. The Balaban J connectivity index is 2.06. The molecule has 0 spiro atoms. The molecule has 6 heteroatoms. The summed E-state index contributed by atoms with van der Waals surface area (Å²) in [4.78, 5) is 24.1. The van der Waals surface area contributed by atoms with Crippen LogP contribution >= 0.6 is 0 Å². The first-order valence-electron chi connectivity index (χ1n) is 6.91. The summed E-state index contributed by atoms with van der Waals surface area (Å²) in [6, 6.07) is 6.95. The molecule has 1 saturated heterocycles. The van der Waals surface area contributed by atoms with Gasteiger partial charge in [0.1, 0.15) is 5.70 Å². The van der Waals surface area contributed by atoms with Crippen molar-refractivity contribution in [2.24, 2.45) is 11.6 Å². The summed E-state index contributed by atoms with van der Waals surface area (Å²) in [5.41, 5.74) is 7.24. The van der Waals surface area contributed by atoms with Gasteiger partial charge in [0.25, 0.3) is 5.78 Å². The summed E-state index contributed by atoms with van der Waals surface area (Å²) in [7, 11) is 0. The van der Waals surface area contributed by atoms with Crippen LogP contribution in [0.1, 0.15) is 28.8 Å². The number of nitrogens with zero attached hydrogens (tertiary/aromatic N) is 1. The number of ketones is 2. The molecule has 0 amide bonds. The molecule has 0 saturated carbocycles. The molecule has 4 N–H and O–H groups in total. The molecule has 0 aromatic heterocycles.